The van der Waals surface area contributed by atoms with Crippen molar-refractivity contribution in [2.45, 2.75) is 19.1 Å². The van der Waals surface area contributed by atoms with Crippen LogP contribution >= 0.6 is 0 Å². The Kier molecular flexibility index (Phi) is 3.58. The minimum absolute atomic E-state index is 0.0231. The lowest BCUT2D eigenvalue weighted by Crippen LogP contribution is -2.09. The van der Waals surface area contributed by atoms with Gasteiger partial charge in [-0.2, -0.15) is 18.3 Å². The molecule has 3 rings (SSSR count). The summed E-state index contributed by atoms with van der Waals surface area (Å²) in [7, 11) is 0. The average Bonchev–Trinajstić information content (AvgIpc) is 2.87. The largest absolute Gasteiger partial charge is 0.416 e. The second kappa shape index (κ2) is 5.42. The molecule has 0 spiro atoms. The molecule has 22 heavy (non-hydrogen) atoms. The molecule has 0 atom stereocenters. The van der Waals surface area contributed by atoms with Crippen molar-refractivity contribution in [2.24, 2.45) is 5.73 Å². The fourth-order valence-corrected chi connectivity index (χ4v) is 2.29. The third kappa shape index (κ3) is 2.80. The molecule has 0 bridgehead atoms. The summed E-state index contributed by atoms with van der Waals surface area (Å²) < 4.78 is 40.5. The molecule has 114 valence electrons. The standard InChI is InChI=1S/C15H13F3N4/c16-15(17,18)12-4-2-1-3-11(12)8-13-20-14-7-10(9-19)5-6-22(14)21-13/h1-7H,8-9,19H2. The highest BCUT2D eigenvalue weighted by molar-refractivity contribution is 5.41. The number of alkyl halides is 3. The molecule has 0 unspecified atom stereocenters. The SMILES string of the molecule is NCc1ccn2nc(Cc3ccccc3C(F)(F)F)nc2c1. The van der Waals surface area contributed by atoms with Crippen molar-refractivity contribution in [1.82, 2.24) is 14.6 Å². The van der Waals surface area contributed by atoms with Gasteiger partial charge in [0.1, 0.15) is 0 Å². The van der Waals surface area contributed by atoms with E-state index >= 15 is 0 Å². The molecule has 3 aromatic rings. The smallest absolute Gasteiger partial charge is 0.326 e. The Morgan fingerprint density at radius 2 is 1.91 bits per heavy atom. The molecule has 4 nitrogen and oxygen atoms in total. The number of aromatic nitrogens is 3. The van der Waals surface area contributed by atoms with Gasteiger partial charge in [-0.3, -0.25) is 0 Å². The van der Waals surface area contributed by atoms with Crippen LogP contribution in [0.1, 0.15) is 22.5 Å². The Hall–Kier alpha value is -2.41. The summed E-state index contributed by atoms with van der Waals surface area (Å²) in [6, 6.07) is 9.03. The topological polar surface area (TPSA) is 56.2 Å². The van der Waals surface area contributed by atoms with Gasteiger partial charge in [0.2, 0.25) is 0 Å². The number of fused-ring (bicyclic) bond motifs is 1. The van der Waals surface area contributed by atoms with E-state index in [2.05, 4.69) is 10.1 Å². The quantitative estimate of drug-likeness (QED) is 0.809. The van der Waals surface area contributed by atoms with E-state index in [-0.39, 0.29) is 12.0 Å². The van der Waals surface area contributed by atoms with Crippen LogP contribution in [0.5, 0.6) is 0 Å². The lowest BCUT2D eigenvalue weighted by molar-refractivity contribution is -0.138. The molecule has 0 aliphatic rings. The summed E-state index contributed by atoms with van der Waals surface area (Å²) in [4.78, 5) is 4.27. The highest BCUT2D eigenvalue weighted by Crippen LogP contribution is 2.32. The fraction of sp³-hybridized carbons (Fsp3) is 0.200. The van der Waals surface area contributed by atoms with Gasteiger partial charge in [0.15, 0.2) is 11.5 Å². The molecule has 0 saturated heterocycles. The van der Waals surface area contributed by atoms with Crippen molar-refractivity contribution < 1.29 is 13.2 Å². The van der Waals surface area contributed by atoms with Gasteiger partial charge in [-0.25, -0.2) is 9.50 Å². The molecular formula is C15H13F3N4. The maximum Gasteiger partial charge on any atom is 0.416 e. The maximum atomic E-state index is 13.0. The number of nitrogens with zero attached hydrogens (tertiary/aromatic N) is 3. The first kappa shape index (κ1) is 14.5. The van der Waals surface area contributed by atoms with Crippen molar-refractivity contribution in [2.75, 3.05) is 0 Å². The van der Waals surface area contributed by atoms with E-state index in [4.69, 9.17) is 5.73 Å². The van der Waals surface area contributed by atoms with Gasteiger partial charge in [0.25, 0.3) is 0 Å². The minimum Gasteiger partial charge on any atom is -0.326 e. The molecule has 2 N–H and O–H groups in total. The van der Waals surface area contributed by atoms with Crippen molar-refractivity contribution in [3.8, 4) is 0 Å². The van der Waals surface area contributed by atoms with E-state index in [0.717, 1.165) is 11.6 Å². The highest BCUT2D eigenvalue weighted by atomic mass is 19.4. The first-order valence-electron chi connectivity index (χ1n) is 6.67. The van der Waals surface area contributed by atoms with Gasteiger partial charge in [0.05, 0.1) is 5.56 Å². The van der Waals surface area contributed by atoms with Crippen molar-refractivity contribution in [3.63, 3.8) is 0 Å². The van der Waals surface area contributed by atoms with E-state index < -0.39 is 11.7 Å². The summed E-state index contributed by atoms with van der Waals surface area (Å²) in [6.45, 7) is 0.371. The van der Waals surface area contributed by atoms with E-state index in [9.17, 15) is 13.2 Å². The minimum atomic E-state index is -4.39. The number of benzene rings is 1. The Morgan fingerprint density at radius 3 is 2.64 bits per heavy atom. The molecule has 0 fully saturated rings. The fourth-order valence-electron chi connectivity index (χ4n) is 2.29. The summed E-state index contributed by atoms with van der Waals surface area (Å²) in [5.74, 6) is 0.339. The molecule has 0 radical (unpaired) electrons. The Labute approximate surface area is 124 Å². The van der Waals surface area contributed by atoms with Crippen LogP contribution in [0.3, 0.4) is 0 Å². The first-order chi connectivity index (χ1) is 10.5. The van der Waals surface area contributed by atoms with Gasteiger partial charge in [-0.1, -0.05) is 18.2 Å². The van der Waals surface area contributed by atoms with Gasteiger partial charge in [-0.15, -0.1) is 0 Å². The van der Waals surface area contributed by atoms with Crippen molar-refractivity contribution in [1.29, 1.82) is 0 Å². The molecule has 0 amide bonds. The first-order valence-corrected chi connectivity index (χ1v) is 6.67. The van der Waals surface area contributed by atoms with Gasteiger partial charge in [0, 0.05) is 19.2 Å². The average molecular weight is 306 g/mol. The summed E-state index contributed by atoms with van der Waals surface area (Å²) in [5.41, 5.74) is 6.52. The molecule has 2 heterocycles. The number of pyridine rings is 1. The molecule has 0 aliphatic carbocycles. The molecule has 2 aromatic heterocycles. The number of halogens is 3. The van der Waals surface area contributed by atoms with Crippen LogP contribution in [0.15, 0.2) is 42.6 Å². The lowest BCUT2D eigenvalue weighted by Gasteiger charge is -2.11. The van der Waals surface area contributed by atoms with Crippen LogP contribution in [0.4, 0.5) is 13.2 Å². The van der Waals surface area contributed by atoms with Crippen molar-refractivity contribution >= 4 is 5.65 Å². The van der Waals surface area contributed by atoms with E-state index in [1.54, 1.807) is 24.4 Å². The van der Waals surface area contributed by atoms with Crippen LogP contribution in [-0.4, -0.2) is 14.6 Å². The summed E-state index contributed by atoms with van der Waals surface area (Å²) in [5, 5.41) is 4.20. The number of hydrogen-bond acceptors (Lipinski definition) is 3. The monoisotopic (exact) mass is 306 g/mol. The summed E-state index contributed by atoms with van der Waals surface area (Å²) >= 11 is 0. The molecule has 0 aliphatic heterocycles. The molecule has 1 aromatic carbocycles. The van der Waals surface area contributed by atoms with Crippen LogP contribution in [0.2, 0.25) is 0 Å². The number of nitrogens with two attached hydrogens (primary N) is 1. The zero-order chi connectivity index (χ0) is 15.7. The van der Waals surface area contributed by atoms with E-state index in [0.29, 0.717) is 18.0 Å². The van der Waals surface area contributed by atoms with Crippen LogP contribution in [-0.2, 0) is 19.1 Å². The maximum absolute atomic E-state index is 13.0. The molecular weight excluding hydrogens is 293 g/mol. The Balaban J connectivity index is 1.97. The summed E-state index contributed by atoms with van der Waals surface area (Å²) in [6.07, 6.45) is -2.67. The van der Waals surface area contributed by atoms with Crippen LogP contribution < -0.4 is 5.73 Å². The zero-order valence-electron chi connectivity index (χ0n) is 11.5. The third-order valence-corrected chi connectivity index (χ3v) is 3.35. The lowest BCUT2D eigenvalue weighted by atomic mass is 10.0. The van der Waals surface area contributed by atoms with E-state index in [1.165, 1.54) is 16.6 Å². The van der Waals surface area contributed by atoms with Gasteiger partial charge < -0.3 is 5.73 Å². The van der Waals surface area contributed by atoms with Gasteiger partial charge in [-0.05, 0) is 29.3 Å². The van der Waals surface area contributed by atoms with Crippen LogP contribution in [0.25, 0.3) is 5.65 Å². The number of rotatable bonds is 3. The molecule has 7 heteroatoms. The van der Waals surface area contributed by atoms with Crippen LogP contribution in [0, 0.1) is 0 Å². The van der Waals surface area contributed by atoms with Crippen molar-refractivity contribution in [3.05, 3.63) is 65.1 Å². The van der Waals surface area contributed by atoms with Gasteiger partial charge >= 0.3 is 6.18 Å². The molecule has 0 saturated carbocycles. The zero-order valence-corrected chi connectivity index (χ0v) is 11.5. The predicted molar refractivity (Wildman–Crippen MR) is 75.1 cm³/mol. The third-order valence-electron chi connectivity index (χ3n) is 3.35. The Morgan fingerprint density at radius 1 is 1.14 bits per heavy atom. The normalized spacial score (nSPS) is 12.0. The second-order valence-electron chi connectivity index (χ2n) is 4.90. The highest BCUT2D eigenvalue weighted by Gasteiger charge is 2.33. The Bertz CT molecular complexity index is 808. The second-order valence-corrected chi connectivity index (χ2v) is 4.90. The predicted octanol–water partition coefficient (Wildman–Crippen LogP) is 2.80. The van der Waals surface area contributed by atoms with E-state index in [1.807, 2.05) is 0 Å². The number of hydrogen-bond donors (Lipinski definition) is 1.